The number of anilines is 1. The Kier molecular flexibility index (Phi) is 4.91. The van der Waals surface area contributed by atoms with Crippen LogP contribution in [-0.2, 0) is 24.1 Å². The molecule has 1 aliphatic rings. The van der Waals surface area contributed by atoms with Crippen LogP contribution in [0.2, 0.25) is 0 Å². The largest absolute Gasteiger partial charge is 0.368 e. The average molecular weight is 330 g/mol. The van der Waals surface area contributed by atoms with Gasteiger partial charge in [-0.25, -0.2) is 9.97 Å². The highest BCUT2D eigenvalue weighted by atomic mass is 32.1. The number of carbonyl (C=O) groups is 1. The molecule has 0 spiro atoms. The van der Waals surface area contributed by atoms with Gasteiger partial charge in [0.25, 0.3) is 0 Å². The molecule has 0 aliphatic carbocycles. The second-order valence-corrected chi connectivity index (χ2v) is 6.92. The van der Waals surface area contributed by atoms with Crippen molar-refractivity contribution in [3.8, 4) is 0 Å². The zero-order valence-corrected chi connectivity index (χ0v) is 14.4. The number of fused-ring (bicyclic) bond motifs is 1. The smallest absolute Gasteiger partial charge is 0.227 e. The molecule has 0 aromatic carbocycles. The van der Waals surface area contributed by atoms with Crippen LogP contribution in [0.1, 0.15) is 30.7 Å². The van der Waals surface area contributed by atoms with E-state index in [1.807, 2.05) is 21.7 Å². The second-order valence-electron chi connectivity index (χ2n) is 6.14. The SMILES string of the molecule is CC(C)Nc1ncnc2c1CCN(C(=O)Cc1ccsc1)CC2. The minimum absolute atomic E-state index is 0.197. The topological polar surface area (TPSA) is 58.1 Å². The summed E-state index contributed by atoms with van der Waals surface area (Å²) in [4.78, 5) is 23.3. The molecule has 1 N–H and O–H groups in total. The summed E-state index contributed by atoms with van der Waals surface area (Å²) in [6.07, 6.45) is 3.70. The Balaban J connectivity index is 1.71. The monoisotopic (exact) mass is 330 g/mol. The number of aromatic nitrogens is 2. The number of amides is 1. The molecule has 5 nitrogen and oxygen atoms in total. The zero-order chi connectivity index (χ0) is 16.2. The molecule has 6 heteroatoms. The van der Waals surface area contributed by atoms with Crippen LogP contribution in [0.4, 0.5) is 5.82 Å². The molecule has 1 amide bonds. The predicted octanol–water partition coefficient (Wildman–Crippen LogP) is 2.53. The number of hydrogen-bond acceptors (Lipinski definition) is 5. The van der Waals surface area contributed by atoms with Gasteiger partial charge in [0.1, 0.15) is 12.1 Å². The van der Waals surface area contributed by atoms with Gasteiger partial charge in [-0.15, -0.1) is 0 Å². The van der Waals surface area contributed by atoms with Gasteiger partial charge in [-0.3, -0.25) is 4.79 Å². The molecular formula is C17H22N4OS. The highest BCUT2D eigenvalue weighted by molar-refractivity contribution is 7.07. The molecule has 23 heavy (non-hydrogen) atoms. The lowest BCUT2D eigenvalue weighted by Gasteiger charge is -2.20. The number of rotatable bonds is 4. The summed E-state index contributed by atoms with van der Waals surface area (Å²) in [7, 11) is 0. The average Bonchev–Trinajstić information content (AvgIpc) is 2.91. The van der Waals surface area contributed by atoms with Crippen LogP contribution in [0.3, 0.4) is 0 Å². The van der Waals surface area contributed by atoms with Gasteiger partial charge in [-0.05, 0) is 42.7 Å². The Hall–Kier alpha value is -1.95. The normalized spacial score (nSPS) is 14.5. The van der Waals surface area contributed by atoms with E-state index in [9.17, 15) is 4.79 Å². The van der Waals surface area contributed by atoms with E-state index in [2.05, 4.69) is 29.1 Å². The molecule has 1 aliphatic heterocycles. The number of nitrogens with zero attached hydrogens (tertiary/aromatic N) is 3. The Labute approximate surface area is 140 Å². The van der Waals surface area contributed by atoms with E-state index in [0.717, 1.165) is 48.6 Å². The molecule has 0 bridgehead atoms. The first-order chi connectivity index (χ1) is 11.1. The fraction of sp³-hybridized carbons (Fsp3) is 0.471. The van der Waals surface area contributed by atoms with Crippen molar-refractivity contribution in [2.75, 3.05) is 18.4 Å². The first-order valence-corrected chi connectivity index (χ1v) is 8.96. The van der Waals surface area contributed by atoms with Gasteiger partial charge in [0, 0.05) is 31.1 Å². The predicted molar refractivity (Wildman–Crippen MR) is 92.8 cm³/mol. The first-order valence-electron chi connectivity index (χ1n) is 8.01. The molecule has 0 fully saturated rings. The molecular weight excluding hydrogens is 308 g/mol. The fourth-order valence-electron chi connectivity index (χ4n) is 2.85. The lowest BCUT2D eigenvalue weighted by molar-refractivity contribution is -0.130. The molecule has 2 aromatic rings. The van der Waals surface area contributed by atoms with Gasteiger partial charge < -0.3 is 10.2 Å². The highest BCUT2D eigenvalue weighted by Crippen LogP contribution is 2.21. The molecule has 0 saturated carbocycles. The maximum atomic E-state index is 12.5. The maximum absolute atomic E-state index is 12.5. The van der Waals surface area contributed by atoms with Crippen LogP contribution in [-0.4, -0.2) is 39.9 Å². The van der Waals surface area contributed by atoms with E-state index < -0.39 is 0 Å². The molecule has 0 atom stereocenters. The van der Waals surface area contributed by atoms with Crippen LogP contribution < -0.4 is 5.32 Å². The van der Waals surface area contributed by atoms with Gasteiger partial charge in [-0.2, -0.15) is 11.3 Å². The summed E-state index contributed by atoms with van der Waals surface area (Å²) in [5.41, 5.74) is 3.32. The van der Waals surface area contributed by atoms with Crippen LogP contribution in [0.15, 0.2) is 23.2 Å². The lowest BCUT2D eigenvalue weighted by Crippen LogP contribution is -2.34. The zero-order valence-electron chi connectivity index (χ0n) is 13.6. The Bertz CT molecular complexity index is 669. The number of hydrogen-bond donors (Lipinski definition) is 1. The summed E-state index contributed by atoms with van der Waals surface area (Å²) < 4.78 is 0. The highest BCUT2D eigenvalue weighted by Gasteiger charge is 2.22. The van der Waals surface area contributed by atoms with Crippen molar-refractivity contribution < 1.29 is 4.79 Å². The Morgan fingerprint density at radius 2 is 2.17 bits per heavy atom. The summed E-state index contributed by atoms with van der Waals surface area (Å²) in [5, 5.41) is 7.44. The van der Waals surface area contributed by atoms with Crippen molar-refractivity contribution in [3.63, 3.8) is 0 Å². The maximum Gasteiger partial charge on any atom is 0.227 e. The van der Waals surface area contributed by atoms with E-state index in [1.165, 1.54) is 0 Å². The molecule has 122 valence electrons. The summed E-state index contributed by atoms with van der Waals surface area (Å²) in [6.45, 7) is 5.66. The quantitative estimate of drug-likeness (QED) is 0.936. The van der Waals surface area contributed by atoms with Crippen molar-refractivity contribution in [2.45, 2.75) is 39.2 Å². The van der Waals surface area contributed by atoms with Gasteiger partial charge >= 0.3 is 0 Å². The van der Waals surface area contributed by atoms with E-state index in [0.29, 0.717) is 12.5 Å². The van der Waals surface area contributed by atoms with Crippen LogP contribution in [0, 0.1) is 0 Å². The fourth-order valence-corrected chi connectivity index (χ4v) is 3.52. The molecule has 0 unspecified atom stereocenters. The van der Waals surface area contributed by atoms with E-state index >= 15 is 0 Å². The van der Waals surface area contributed by atoms with Gasteiger partial charge in [0.2, 0.25) is 5.91 Å². The van der Waals surface area contributed by atoms with Gasteiger partial charge in [0.15, 0.2) is 0 Å². The standard InChI is InChI=1S/C17H22N4OS/c1-12(2)20-17-14-3-6-21(7-4-15(14)18-11-19-17)16(22)9-13-5-8-23-10-13/h5,8,10-12H,3-4,6-7,9H2,1-2H3,(H,18,19,20). The van der Waals surface area contributed by atoms with Crippen molar-refractivity contribution in [2.24, 2.45) is 0 Å². The number of thiophene rings is 1. The van der Waals surface area contributed by atoms with Crippen molar-refractivity contribution >= 4 is 23.1 Å². The van der Waals surface area contributed by atoms with Crippen LogP contribution in [0.5, 0.6) is 0 Å². The molecule has 3 heterocycles. The Morgan fingerprint density at radius 1 is 1.35 bits per heavy atom. The van der Waals surface area contributed by atoms with Crippen molar-refractivity contribution in [3.05, 3.63) is 40.0 Å². The molecule has 0 saturated heterocycles. The van der Waals surface area contributed by atoms with Gasteiger partial charge in [-0.1, -0.05) is 0 Å². The van der Waals surface area contributed by atoms with Crippen LogP contribution in [0.25, 0.3) is 0 Å². The number of nitrogens with one attached hydrogen (secondary N) is 1. The summed E-state index contributed by atoms with van der Waals surface area (Å²) >= 11 is 1.63. The van der Waals surface area contributed by atoms with E-state index in [4.69, 9.17) is 0 Å². The lowest BCUT2D eigenvalue weighted by atomic mass is 10.1. The first kappa shape index (κ1) is 15.9. The van der Waals surface area contributed by atoms with Crippen LogP contribution >= 0.6 is 11.3 Å². The van der Waals surface area contributed by atoms with E-state index in [-0.39, 0.29) is 5.91 Å². The molecule has 0 radical (unpaired) electrons. The minimum Gasteiger partial charge on any atom is -0.368 e. The van der Waals surface area contributed by atoms with Crippen molar-refractivity contribution in [1.82, 2.24) is 14.9 Å². The molecule has 3 rings (SSSR count). The summed E-state index contributed by atoms with van der Waals surface area (Å²) in [5.74, 6) is 1.11. The van der Waals surface area contributed by atoms with E-state index in [1.54, 1.807) is 17.7 Å². The van der Waals surface area contributed by atoms with Crippen molar-refractivity contribution in [1.29, 1.82) is 0 Å². The van der Waals surface area contributed by atoms with Gasteiger partial charge in [0.05, 0.1) is 12.1 Å². The Morgan fingerprint density at radius 3 is 2.91 bits per heavy atom. The second kappa shape index (κ2) is 7.08. The minimum atomic E-state index is 0.197. The molecule has 2 aromatic heterocycles. The summed E-state index contributed by atoms with van der Waals surface area (Å²) in [6, 6.07) is 2.35. The third-order valence-corrected chi connectivity index (χ3v) is 4.73. The third kappa shape index (κ3) is 3.88. The third-order valence-electron chi connectivity index (χ3n) is 4.00. The number of carbonyl (C=O) groups excluding carboxylic acids is 1.